The van der Waals surface area contributed by atoms with Gasteiger partial charge in [0.1, 0.15) is 17.6 Å². The second-order valence-corrected chi connectivity index (χ2v) is 4.84. The fourth-order valence-electron chi connectivity index (χ4n) is 2.35. The third-order valence-corrected chi connectivity index (χ3v) is 3.36. The summed E-state index contributed by atoms with van der Waals surface area (Å²) in [4.78, 5) is 17.9. The quantitative estimate of drug-likeness (QED) is 0.862. The second kappa shape index (κ2) is 4.30. The average molecular weight is 242 g/mol. The Morgan fingerprint density at radius 3 is 3.00 bits per heavy atom. The van der Waals surface area contributed by atoms with Gasteiger partial charge in [0.25, 0.3) is 0 Å². The van der Waals surface area contributed by atoms with Crippen LogP contribution in [0.4, 0.5) is 5.82 Å². The van der Waals surface area contributed by atoms with Crippen molar-refractivity contribution in [2.75, 3.05) is 11.9 Å². The molecule has 1 N–H and O–H groups in total. The highest BCUT2D eigenvalue weighted by atomic mass is 16.2. The van der Waals surface area contributed by atoms with Crippen molar-refractivity contribution in [1.29, 1.82) is 5.26 Å². The molecule has 5 nitrogen and oxygen atoms in total. The number of carbonyl (C=O) groups is 1. The van der Waals surface area contributed by atoms with Gasteiger partial charge in [-0.2, -0.15) is 5.26 Å². The summed E-state index contributed by atoms with van der Waals surface area (Å²) in [5, 5.41) is 12.0. The molecule has 5 heteroatoms. The fourth-order valence-corrected chi connectivity index (χ4v) is 2.35. The molecule has 2 fully saturated rings. The molecule has 2 aliphatic rings. The fraction of sp³-hybridized carbons (Fsp3) is 0.462. The van der Waals surface area contributed by atoms with Gasteiger partial charge in [-0.25, -0.2) is 4.98 Å². The minimum absolute atomic E-state index is 0.111. The molecule has 1 saturated carbocycles. The molecule has 0 aromatic carbocycles. The van der Waals surface area contributed by atoms with E-state index >= 15 is 0 Å². The lowest BCUT2D eigenvalue weighted by Gasteiger charge is -2.16. The summed E-state index contributed by atoms with van der Waals surface area (Å²) in [6, 6.07) is 7.88. The van der Waals surface area contributed by atoms with Crippen molar-refractivity contribution in [1.82, 2.24) is 9.88 Å². The minimum atomic E-state index is 0.111. The first-order valence-electron chi connectivity index (χ1n) is 6.19. The minimum Gasteiger partial charge on any atom is -0.365 e. The van der Waals surface area contributed by atoms with E-state index in [1.165, 1.54) is 0 Å². The van der Waals surface area contributed by atoms with Crippen LogP contribution in [0.1, 0.15) is 25.0 Å². The van der Waals surface area contributed by atoms with Crippen LogP contribution in [0.25, 0.3) is 0 Å². The average Bonchev–Trinajstić information content (AvgIpc) is 3.15. The van der Waals surface area contributed by atoms with E-state index in [0.717, 1.165) is 19.4 Å². The Labute approximate surface area is 105 Å². The highest BCUT2D eigenvalue weighted by Gasteiger charge is 2.39. The largest absolute Gasteiger partial charge is 0.365 e. The lowest BCUT2D eigenvalue weighted by molar-refractivity contribution is -0.128. The molecular weight excluding hydrogens is 228 g/mol. The Bertz CT molecular complexity index is 518. The lowest BCUT2D eigenvalue weighted by Crippen LogP contribution is -2.29. The van der Waals surface area contributed by atoms with Gasteiger partial charge in [0, 0.05) is 19.0 Å². The van der Waals surface area contributed by atoms with Crippen molar-refractivity contribution in [2.45, 2.75) is 31.3 Å². The van der Waals surface area contributed by atoms with Crippen molar-refractivity contribution in [2.24, 2.45) is 0 Å². The van der Waals surface area contributed by atoms with Crippen LogP contribution in [0.5, 0.6) is 0 Å². The van der Waals surface area contributed by atoms with Crippen molar-refractivity contribution in [3.05, 3.63) is 23.9 Å². The predicted molar refractivity (Wildman–Crippen MR) is 65.7 cm³/mol. The summed E-state index contributed by atoms with van der Waals surface area (Å²) in [5.41, 5.74) is 0.392. The Hall–Kier alpha value is -2.09. The van der Waals surface area contributed by atoms with Crippen LogP contribution in [-0.4, -0.2) is 34.4 Å². The van der Waals surface area contributed by atoms with Crippen LogP contribution in [0.15, 0.2) is 18.2 Å². The number of nitrogens with zero attached hydrogens (tertiary/aromatic N) is 3. The van der Waals surface area contributed by atoms with Gasteiger partial charge < -0.3 is 10.2 Å². The molecule has 1 amide bonds. The monoisotopic (exact) mass is 242 g/mol. The van der Waals surface area contributed by atoms with E-state index < -0.39 is 0 Å². The molecule has 0 bridgehead atoms. The highest BCUT2D eigenvalue weighted by molar-refractivity contribution is 5.80. The van der Waals surface area contributed by atoms with Crippen LogP contribution in [0.2, 0.25) is 0 Å². The number of hydrogen-bond acceptors (Lipinski definition) is 4. The number of anilines is 1. The normalized spacial score (nSPS) is 22.9. The topological polar surface area (TPSA) is 69.0 Å². The number of pyridine rings is 1. The molecule has 1 aliphatic carbocycles. The highest BCUT2D eigenvalue weighted by Crippen LogP contribution is 2.31. The second-order valence-electron chi connectivity index (χ2n) is 4.84. The maximum Gasteiger partial charge on any atom is 0.225 e. The van der Waals surface area contributed by atoms with Crippen LogP contribution in [-0.2, 0) is 4.79 Å². The molecule has 0 radical (unpaired) electrons. The van der Waals surface area contributed by atoms with Crippen LogP contribution < -0.4 is 5.32 Å². The number of rotatable bonds is 3. The van der Waals surface area contributed by atoms with Crippen molar-refractivity contribution in [3.8, 4) is 6.07 Å². The molecule has 1 aromatic heterocycles. The number of nitrogens with one attached hydrogen (secondary N) is 1. The molecule has 3 rings (SSSR count). The SMILES string of the molecule is N#Cc1cccc(NC2CC(=O)N(C3CC3)C2)n1. The first-order valence-corrected chi connectivity index (χ1v) is 6.19. The zero-order chi connectivity index (χ0) is 12.5. The maximum atomic E-state index is 11.8. The summed E-state index contributed by atoms with van der Waals surface area (Å²) in [5.74, 6) is 0.899. The van der Waals surface area contributed by atoms with Gasteiger partial charge in [0.05, 0.1) is 6.04 Å². The molecule has 92 valence electrons. The van der Waals surface area contributed by atoms with Gasteiger partial charge in [-0.3, -0.25) is 4.79 Å². The van der Waals surface area contributed by atoms with Crippen LogP contribution in [0.3, 0.4) is 0 Å². The molecule has 0 spiro atoms. The van der Waals surface area contributed by atoms with E-state index in [4.69, 9.17) is 5.26 Å². The number of nitriles is 1. The Morgan fingerprint density at radius 2 is 2.28 bits per heavy atom. The first kappa shape index (κ1) is 11.0. The molecule has 1 aromatic rings. The maximum absolute atomic E-state index is 11.8. The molecule has 1 aliphatic heterocycles. The van der Waals surface area contributed by atoms with Crippen molar-refractivity contribution in [3.63, 3.8) is 0 Å². The van der Waals surface area contributed by atoms with Gasteiger partial charge in [-0.1, -0.05) is 6.07 Å². The van der Waals surface area contributed by atoms with Crippen LogP contribution >= 0.6 is 0 Å². The number of amides is 1. The number of likely N-dealkylation sites (tertiary alicyclic amines) is 1. The van der Waals surface area contributed by atoms with Crippen molar-refractivity contribution < 1.29 is 4.79 Å². The van der Waals surface area contributed by atoms with E-state index in [2.05, 4.69) is 10.3 Å². The molecule has 1 unspecified atom stereocenters. The Balaban J connectivity index is 1.66. The summed E-state index contributed by atoms with van der Waals surface area (Å²) in [6.45, 7) is 0.752. The first-order chi connectivity index (χ1) is 8.76. The van der Waals surface area contributed by atoms with E-state index in [1.54, 1.807) is 12.1 Å². The third-order valence-electron chi connectivity index (χ3n) is 3.36. The molecule has 1 saturated heterocycles. The number of hydrogen-bond donors (Lipinski definition) is 1. The summed E-state index contributed by atoms with van der Waals surface area (Å²) < 4.78 is 0. The Morgan fingerprint density at radius 1 is 1.44 bits per heavy atom. The van der Waals surface area contributed by atoms with Gasteiger partial charge in [0.15, 0.2) is 0 Å². The molecule has 18 heavy (non-hydrogen) atoms. The predicted octanol–water partition coefficient (Wildman–Crippen LogP) is 1.13. The van der Waals surface area contributed by atoms with Gasteiger partial charge >= 0.3 is 0 Å². The van der Waals surface area contributed by atoms with Crippen molar-refractivity contribution >= 4 is 11.7 Å². The molecular formula is C13H14N4O. The van der Waals surface area contributed by atoms with Gasteiger partial charge in [0.2, 0.25) is 5.91 Å². The third kappa shape index (κ3) is 2.14. The van der Waals surface area contributed by atoms with Gasteiger partial charge in [-0.15, -0.1) is 0 Å². The summed E-state index contributed by atoms with van der Waals surface area (Å²) in [6.07, 6.45) is 2.80. The number of carbonyl (C=O) groups excluding carboxylic acids is 1. The number of aromatic nitrogens is 1. The zero-order valence-corrected chi connectivity index (χ0v) is 9.97. The standard InChI is InChI=1S/C13H14N4O/c14-7-9-2-1-3-12(15-9)16-10-6-13(18)17(8-10)11-4-5-11/h1-3,10-11H,4-6,8H2,(H,15,16). The Kier molecular flexibility index (Phi) is 2.63. The molecule has 1 atom stereocenters. The van der Waals surface area contributed by atoms with E-state index in [9.17, 15) is 4.79 Å². The summed E-state index contributed by atoms with van der Waals surface area (Å²) in [7, 11) is 0. The van der Waals surface area contributed by atoms with E-state index in [1.807, 2.05) is 17.0 Å². The summed E-state index contributed by atoms with van der Waals surface area (Å²) >= 11 is 0. The lowest BCUT2D eigenvalue weighted by atomic mass is 10.2. The smallest absolute Gasteiger partial charge is 0.225 e. The van der Waals surface area contributed by atoms with E-state index in [-0.39, 0.29) is 11.9 Å². The van der Waals surface area contributed by atoms with Gasteiger partial charge in [-0.05, 0) is 25.0 Å². The molecule has 2 heterocycles. The zero-order valence-electron chi connectivity index (χ0n) is 9.97. The van der Waals surface area contributed by atoms with Crippen LogP contribution in [0, 0.1) is 11.3 Å². The van der Waals surface area contributed by atoms with E-state index in [0.29, 0.717) is 24.0 Å².